The van der Waals surface area contributed by atoms with Crippen LogP contribution < -0.4 is 0 Å². The van der Waals surface area contributed by atoms with Crippen LogP contribution in [0.5, 0.6) is 11.5 Å². The molecule has 0 saturated carbocycles. The molecule has 19 heteroatoms. The van der Waals surface area contributed by atoms with Gasteiger partial charge in [0, 0.05) is 13.5 Å². The molecule has 0 unspecified atom stereocenters. The van der Waals surface area contributed by atoms with Crippen LogP contribution in [0, 0.1) is 0 Å². The second-order valence-corrected chi connectivity index (χ2v) is 12.1. The van der Waals surface area contributed by atoms with Gasteiger partial charge < -0.3 is 38.0 Å². The van der Waals surface area contributed by atoms with Crippen LogP contribution in [0.3, 0.4) is 0 Å². The molecule has 4 rings (SSSR count). The third kappa shape index (κ3) is 11.3. The highest BCUT2D eigenvalue weighted by atomic mass is 31.2. The summed E-state index contributed by atoms with van der Waals surface area (Å²) in [5.74, 6) is -0.306. The van der Waals surface area contributed by atoms with E-state index < -0.39 is 39.4 Å². The predicted octanol–water partition coefficient (Wildman–Crippen LogP) is 5.75. The molecule has 4 aromatic rings. The van der Waals surface area contributed by atoms with Gasteiger partial charge in [-0.25, -0.2) is 24.6 Å². The fraction of sp³-hybridized carbons (Fsp3) is 0.323. The Balaban J connectivity index is 1.24. The monoisotopic (exact) mass is 719 g/mol. The second-order valence-electron chi connectivity index (χ2n) is 9.93. The predicted molar refractivity (Wildman–Crippen MR) is 168 cm³/mol. The number of ether oxygens (including phenoxy) is 4. The summed E-state index contributed by atoms with van der Waals surface area (Å²) in [5.41, 5.74) is 1.09. The zero-order valence-corrected chi connectivity index (χ0v) is 27.8. The van der Waals surface area contributed by atoms with E-state index in [1.807, 2.05) is 0 Å². The zero-order chi connectivity index (χ0) is 35.9. The molecule has 0 aliphatic heterocycles. The molecule has 2 aromatic heterocycles. The molecule has 2 aromatic carbocycles. The van der Waals surface area contributed by atoms with Crippen molar-refractivity contribution in [1.82, 2.24) is 15.0 Å². The van der Waals surface area contributed by atoms with Crippen LogP contribution in [-0.2, 0) is 55.4 Å². The first-order chi connectivity index (χ1) is 24.1. The van der Waals surface area contributed by atoms with E-state index in [2.05, 4.69) is 9.97 Å². The lowest BCUT2D eigenvalue weighted by Gasteiger charge is -2.19. The van der Waals surface area contributed by atoms with Crippen molar-refractivity contribution in [2.45, 2.75) is 33.0 Å². The number of carbonyl (C=O) groups is 3. The van der Waals surface area contributed by atoms with Crippen LogP contribution in [0.4, 0.5) is 9.59 Å². The van der Waals surface area contributed by atoms with Gasteiger partial charge in [-0.1, -0.05) is 24.3 Å². The topological polar surface area (TPSA) is 229 Å². The molecule has 0 radical (unpaired) electrons. The smallest absolute Gasteiger partial charge is 0.507 e. The Labute approximate surface area is 284 Å². The Kier molecular flexibility index (Phi) is 13.7. The summed E-state index contributed by atoms with van der Waals surface area (Å²) in [5, 5.41) is 20.9. The van der Waals surface area contributed by atoms with E-state index in [0.29, 0.717) is 11.1 Å². The lowest BCUT2D eigenvalue weighted by Crippen LogP contribution is -2.26. The SMILES string of the molecule is CCON(C)C(=O)CCCP(=O)(OCOC(=O)OCc1coc(-c2ccccc2O)n1)OCOC(=O)OCc1coc(-c2ccccc2O)n1. The standard InChI is InChI=1S/C31H34N3O15P/c1-3-47-34(2)27(37)13-8-14-50(40,48-19-45-30(38)43-17-21-15-41-28(32-21)23-9-4-6-11-25(23)35)49-20-46-31(39)44-18-22-16-42-29(33-22)24-10-5-7-12-26(24)36/h4-7,9-12,15-16,35-36H,3,8,13-14,17-20H2,1-2H3. The molecule has 0 aliphatic rings. The van der Waals surface area contributed by atoms with Crippen molar-refractivity contribution in [3.63, 3.8) is 0 Å². The van der Waals surface area contributed by atoms with Gasteiger partial charge >= 0.3 is 19.9 Å². The zero-order valence-electron chi connectivity index (χ0n) is 26.9. The van der Waals surface area contributed by atoms with E-state index in [4.69, 9.17) is 41.7 Å². The number of carbonyl (C=O) groups excluding carboxylic acids is 3. The Morgan fingerprint density at radius 1 is 0.780 bits per heavy atom. The number of hydrogen-bond acceptors (Lipinski definition) is 17. The van der Waals surface area contributed by atoms with E-state index in [-0.39, 0.29) is 73.5 Å². The van der Waals surface area contributed by atoms with Crippen molar-refractivity contribution in [3.05, 3.63) is 72.4 Å². The van der Waals surface area contributed by atoms with Gasteiger partial charge in [0.2, 0.25) is 31.3 Å². The first-order valence-corrected chi connectivity index (χ1v) is 16.6. The van der Waals surface area contributed by atoms with Gasteiger partial charge in [0.05, 0.1) is 23.9 Å². The number of benzene rings is 2. The number of hydroxylamine groups is 2. The number of phenolic OH excluding ortho intramolecular Hbond substituents is 2. The molecule has 0 saturated heterocycles. The van der Waals surface area contributed by atoms with Crippen molar-refractivity contribution >= 4 is 25.8 Å². The average Bonchev–Trinajstić information content (AvgIpc) is 3.77. The van der Waals surface area contributed by atoms with E-state index >= 15 is 0 Å². The highest BCUT2D eigenvalue weighted by Gasteiger charge is 2.27. The number of nitrogens with zero attached hydrogens (tertiary/aromatic N) is 3. The number of rotatable bonds is 18. The summed E-state index contributed by atoms with van der Waals surface area (Å²) in [6.45, 7) is -0.535. The van der Waals surface area contributed by atoms with Crippen LogP contribution >= 0.6 is 7.60 Å². The number of para-hydroxylation sites is 2. The summed E-state index contributed by atoms with van der Waals surface area (Å²) < 4.78 is 54.0. The number of aromatic hydroxyl groups is 2. The Bertz CT molecular complexity index is 1670. The van der Waals surface area contributed by atoms with Gasteiger partial charge in [0.1, 0.15) is 48.6 Å². The molecule has 0 spiro atoms. The molecule has 0 bridgehead atoms. The summed E-state index contributed by atoms with van der Waals surface area (Å²) in [7, 11) is -2.71. The van der Waals surface area contributed by atoms with Crippen LogP contribution in [0.15, 0.2) is 69.9 Å². The molecule has 0 aliphatic carbocycles. The average molecular weight is 720 g/mol. The van der Waals surface area contributed by atoms with Gasteiger partial charge in [-0.3, -0.25) is 23.2 Å². The van der Waals surface area contributed by atoms with Crippen LogP contribution in [-0.4, -0.2) is 76.9 Å². The van der Waals surface area contributed by atoms with E-state index in [0.717, 1.165) is 5.06 Å². The Morgan fingerprint density at radius 3 is 1.72 bits per heavy atom. The van der Waals surface area contributed by atoms with Crippen LogP contribution in [0.25, 0.3) is 22.9 Å². The van der Waals surface area contributed by atoms with Gasteiger partial charge in [-0.15, -0.1) is 0 Å². The first-order valence-electron chi connectivity index (χ1n) is 14.9. The van der Waals surface area contributed by atoms with Crippen molar-refractivity contribution in [2.24, 2.45) is 0 Å². The first kappa shape index (κ1) is 37.4. The summed E-state index contributed by atoms with van der Waals surface area (Å²) >= 11 is 0. The van der Waals surface area contributed by atoms with Crippen molar-refractivity contribution in [2.75, 3.05) is 33.4 Å². The largest absolute Gasteiger partial charge is 0.510 e. The number of aromatic nitrogens is 2. The molecular formula is C31H34N3O15P. The summed E-state index contributed by atoms with van der Waals surface area (Å²) in [6, 6.07) is 12.7. The maximum Gasteiger partial charge on any atom is 0.510 e. The molecule has 0 fully saturated rings. The molecule has 2 heterocycles. The number of amides is 1. The van der Waals surface area contributed by atoms with Gasteiger partial charge in [-0.2, -0.15) is 0 Å². The third-order valence-corrected chi connectivity index (χ3v) is 8.26. The maximum atomic E-state index is 13.4. The van der Waals surface area contributed by atoms with Gasteiger partial charge in [-0.05, 0) is 37.6 Å². The second kappa shape index (κ2) is 18.4. The van der Waals surface area contributed by atoms with Crippen molar-refractivity contribution in [1.29, 1.82) is 0 Å². The van der Waals surface area contributed by atoms with Crippen LogP contribution in [0.2, 0.25) is 0 Å². The van der Waals surface area contributed by atoms with Crippen molar-refractivity contribution in [3.8, 4) is 34.4 Å². The minimum atomic E-state index is -4.14. The molecule has 50 heavy (non-hydrogen) atoms. The minimum Gasteiger partial charge on any atom is -0.507 e. The van der Waals surface area contributed by atoms with Crippen molar-refractivity contribution < 1.29 is 70.8 Å². The van der Waals surface area contributed by atoms with E-state index in [1.165, 1.54) is 31.7 Å². The highest BCUT2D eigenvalue weighted by molar-refractivity contribution is 7.53. The fourth-order valence-corrected chi connectivity index (χ4v) is 5.28. The lowest BCUT2D eigenvalue weighted by molar-refractivity contribution is -0.176. The molecule has 268 valence electrons. The summed E-state index contributed by atoms with van der Waals surface area (Å²) in [4.78, 5) is 49.9. The quantitative estimate of drug-likeness (QED) is 0.0540. The van der Waals surface area contributed by atoms with Gasteiger partial charge in [0.15, 0.2) is 0 Å². The molecule has 2 N–H and O–H groups in total. The highest BCUT2D eigenvalue weighted by Crippen LogP contribution is 2.49. The lowest BCUT2D eigenvalue weighted by atomic mass is 10.2. The summed E-state index contributed by atoms with van der Waals surface area (Å²) in [6.07, 6.45) is -0.410. The minimum absolute atomic E-state index is 0.000655. The Hall–Kier alpha value is -5.42. The number of oxazole rings is 2. The molecule has 18 nitrogen and oxygen atoms in total. The maximum absolute atomic E-state index is 13.4. The van der Waals surface area contributed by atoms with E-state index in [1.54, 1.807) is 43.3 Å². The Morgan fingerprint density at radius 2 is 1.26 bits per heavy atom. The van der Waals surface area contributed by atoms with E-state index in [9.17, 15) is 29.2 Å². The molecular weight excluding hydrogens is 685 g/mol. The fourth-order valence-electron chi connectivity index (χ4n) is 3.97. The van der Waals surface area contributed by atoms with Crippen LogP contribution in [0.1, 0.15) is 31.2 Å². The third-order valence-electron chi connectivity index (χ3n) is 6.40. The number of phenols is 2. The molecule has 0 atom stereocenters. The molecule has 1 amide bonds. The van der Waals surface area contributed by atoms with Gasteiger partial charge in [0.25, 0.3) is 0 Å². The number of hydrogen-bond donors (Lipinski definition) is 2. The normalized spacial score (nSPS) is 11.2.